The minimum Gasteiger partial charge on any atom is -0.381 e. The first-order valence-corrected chi connectivity index (χ1v) is 5.81. The third-order valence-corrected chi connectivity index (χ3v) is 3.12. The van der Waals surface area contributed by atoms with Gasteiger partial charge in [0.05, 0.1) is 6.61 Å². The summed E-state index contributed by atoms with van der Waals surface area (Å²) in [5.74, 6) is 1.54. The van der Waals surface area contributed by atoms with Crippen LogP contribution in [0.1, 0.15) is 19.3 Å². The molecule has 76 valence electrons. The van der Waals surface area contributed by atoms with Crippen molar-refractivity contribution in [3.05, 3.63) is 0 Å². The van der Waals surface area contributed by atoms with E-state index in [1.807, 2.05) is 0 Å². The highest BCUT2D eigenvalue weighted by molar-refractivity contribution is 6.18. The monoisotopic (exact) mass is 203 g/mol. The second kappa shape index (κ2) is 4.63. The fraction of sp³-hybridized carbons (Fsp3) is 1.00. The van der Waals surface area contributed by atoms with Gasteiger partial charge in [0.2, 0.25) is 0 Å². The summed E-state index contributed by atoms with van der Waals surface area (Å²) in [5.41, 5.74) is 0. The SMILES string of the molecule is ClCCN(CC1CCOC1)C1CC1. The Labute approximate surface area is 85.2 Å². The molecule has 1 saturated heterocycles. The molecule has 2 nitrogen and oxygen atoms in total. The molecule has 13 heavy (non-hydrogen) atoms. The molecule has 1 unspecified atom stereocenters. The Kier molecular flexibility index (Phi) is 3.47. The summed E-state index contributed by atoms with van der Waals surface area (Å²) in [6.45, 7) is 4.19. The van der Waals surface area contributed by atoms with E-state index in [-0.39, 0.29) is 0 Å². The van der Waals surface area contributed by atoms with E-state index in [2.05, 4.69) is 4.90 Å². The first kappa shape index (κ1) is 9.75. The van der Waals surface area contributed by atoms with E-state index in [9.17, 15) is 0 Å². The Bertz CT molecular complexity index is 155. The first-order valence-electron chi connectivity index (χ1n) is 5.28. The summed E-state index contributed by atoms with van der Waals surface area (Å²) < 4.78 is 5.38. The van der Waals surface area contributed by atoms with Gasteiger partial charge in [0.25, 0.3) is 0 Å². The van der Waals surface area contributed by atoms with Crippen molar-refractivity contribution in [3.8, 4) is 0 Å². The van der Waals surface area contributed by atoms with Crippen LogP contribution in [0.15, 0.2) is 0 Å². The van der Waals surface area contributed by atoms with E-state index in [4.69, 9.17) is 16.3 Å². The van der Waals surface area contributed by atoms with Gasteiger partial charge >= 0.3 is 0 Å². The zero-order chi connectivity index (χ0) is 9.10. The van der Waals surface area contributed by atoms with Gasteiger partial charge in [-0.05, 0) is 25.2 Å². The lowest BCUT2D eigenvalue weighted by Gasteiger charge is -2.23. The summed E-state index contributed by atoms with van der Waals surface area (Å²) in [5, 5.41) is 0. The normalized spacial score (nSPS) is 28.6. The van der Waals surface area contributed by atoms with Crippen molar-refractivity contribution in [2.24, 2.45) is 5.92 Å². The maximum Gasteiger partial charge on any atom is 0.0507 e. The van der Waals surface area contributed by atoms with Crippen LogP contribution in [0.3, 0.4) is 0 Å². The first-order chi connectivity index (χ1) is 6.40. The Morgan fingerprint density at radius 2 is 2.15 bits per heavy atom. The van der Waals surface area contributed by atoms with E-state index in [1.165, 1.54) is 25.8 Å². The maximum absolute atomic E-state index is 5.78. The van der Waals surface area contributed by atoms with Gasteiger partial charge in [-0.1, -0.05) is 0 Å². The van der Waals surface area contributed by atoms with E-state index in [1.54, 1.807) is 0 Å². The van der Waals surface area contributed by atoms with Crippen LogP contribution in [0.4, 0.5) is 0 Å². The number of halogens is 1. The third kappa shape index (κ3) is 2.83. The van der Waals surface area contributed by atoms with Crippen molar-refractivity contribution in [1.82, 2.24) is 4.90 Å². The van der Waals surface area contributed by atoms with Gasteiger partial charge in [0.15, 0.2) is 0 Å². The van der Waals surface area contributed by atoms with Gasteiger partial charge < -0.3 is 4.74 Å². The molecule has 1 atom stereocenters. The molecule has 0 aromatic rings. The average Bonchev–Trinajstić information content (AvgIpc) is 2.85. The van der Waals surface area contributed by atoms with Crippen LogP contribution >= 0.6 is 11.6 Å². The number of ether oxygens (including phenoxy) is 1. The predicted octanol–water partition coefficient (Wildman–Crippen LogP) is 1.73. The van der Waals surface area contributed by atoms with E-state index in [0.717, 1.165) is 37.6 Å². The van der Waals surface area contributed by atoms with Crippen LogP contribution < -0.4 is 0 Å². The molecule has 0 aromatic carbocycles. The minimum absolute atomic E-state index is 0.767. The molecule has 3 heteroatoms. The smallest absolute Gasteiger partial charge is 0.0507 e. The minimum atomic E-state index is 0.767. The lowest BCUT2D eigenvalue weighted by molar-refractivity contribution is 0.167. The lowest BCUT2D eigenvalue weighted by atomic mass is 10.1. The zero-order valence-electron chi connectivity index (χ0n) is 8.04. The summed E-state index contributed by atoms with van der Waals surface area (Å²) in [4.78, 5) is 2.55. The molecule has 0 aromatic heterocycles. The molecule has 1 aliphatic carbocycles. The van der Waals surface area contributed by atoms with Gasteiger partial charge in [-0.2, -0.15) is 0 Å². The highest BCUT2D eigenvalue weighted by Gasteiger charge is 2.30. The van der Waals surface area contributed by atoms with Crippen LogP contribution in [-0.4, -0.2) is 43.1 Å². The molecule has 2 aliphatic rings. The van der Waals surface area contributed by atoms with Crippen LogP contribution in [0.25, 0.3) is 0 Å². The zero-order valence-corrected chi connectivity index (χ0v) is 8.80. The van der Waals surface area contributed by atoms with Gasteiger partial charge in [-0.15, -0.1) is 11.6 Å². The average molecular weight is 204 g/mol. The number of hydrogen-bond donors (Lipinski definition) is 0. The van der Waals surface area contributed by atoms with Crippen LogP contribution in [-0.2, 0) is 4.74 Å². The molecular formula is C10H18ClNO. The van der Waals surface area contributed by atoms with Crippen LogP contribution in [0, 0.1) is 5.92 Å². The fourth-order valence-electron chi connectivity index (χ4n) is 2.03. The molecule has 0 N–H and O–H groups in total. The van der Waals surface area contributed by atoms with Crippen molar-refractivity contribution in [2.45, 2.75) is 25.3 Å². The Hall–Kier alpha value is 0.210. The Morgan fingerprint density at radius 3 is 2.69 bits per heavy atom. The molecule has 2 rings (SSSR count). The summed E-state index contributed by atoms with van der Waals surface area (Å²) in [6, 6.07) is 0.847. The molecular weight excluding hydrogens is 186 g/mol. The van der Waals surface area contributed by atoms with Crippen LogP contribution in [0.5, 0.6) is 0 Å². The molecule has 0 amide bonds. The number of alkyl halides is 1. The van der Waals surface area contributed by atoms with E-state index < -0.39 is 0 Å². The largest absolute Gasteiger partial charge is 0.381 e. The topological polar surface area (TPSA) is 12.5 Å². The second-order valence-electron chi connectivity index (χ2n) is 4.14. The van der Waals surface area contributed by atoms with Crippen molar-refractivity contribution in [1.29, 1.82) is 0 Å². The summed E-state index contributed by atoms with van der Waals surface area (Å²) in [7, 11) is 0. The van der Waals surface area contributed by atoms with Crippen molar-refractivity contribution < 1.29 is 4.74 Å². The molecule has 1 heterocycles. The maximum atomic E-state index is 5.78. The van der Waals surface area contributed by atoms with Gasteiger partial charge in [-0.3, -0.25) is 4.90 Å². The highest BCUT2D eigenvalue weighted by atomic mass is 35.5. The fourth-order valence-corrected chi connectivity index (χ4v) is 2.25. The summed E-state index contributed by atoms with van der Waals surface area (Å²) >= 11 is 5.78. The van der Waals surface area contributed by atoms with Gasteiger partial charge in [0.1, 0.15) is 0 Å². The molecule has 2 fully saturated rings. The predicted molar refractivity (Wildman–Crippen MR) is 54.2 cm³/mol. The number of hydrogen-bond acceptors (Lipinski definition) is 2. The Morgan fingerprint density at radius 1 is 1.31 bits per heavy atom. The molecule has 0 spiro atoms. The standard InChI is InChI=1S/C10H18ClNO/c11-4-5-12(10-1-2-10)7-9-3-6-13-8-9/h9-10H,1-8H2. The van der Waals surface area contributed by atoms with Gasteiger partial charge in [-0.25, -0.2) is 0 Å². The summed E-state index contributed by atoms with van der Waals surface area (Å²) in [6.07, 6.45) is 4.00. The molecule has 0 bridgehead atoms. The molecule has 1 saturated carbocycles. The van der Waals surface area contributed by atoms with E-state index >= 15 is 0 Å². The number of nitrogens with zero attached hydrogens (tertiary/aromatic N) is 1. The number of rotatable bonds is 5. The van der Waals surface area contributed by atoms with Gasteiger partial charge in [0, 0.05) is 31.6 Å². The van der Waals surface area contributed by atoms with Crippen molar-refractivity contribution in [3.63, 3.8) is 0 Å². The molecule has 0 radical (unpaired) electrons. The molecule has 1 aliphatic heterocycles. The van der Waals surface area contributed by atoms with Crippen molar-refractivity contribution in [2.75, 3.05) is 32.2 Å². The van der Waals surface area contributed by atoms with Crippen LogP contribution in [0.2, 0.25) is 0 Å². The Balaban J connectivity index is 1.74. The highest BCUT2D eigenvalue weighted by Crippen LogP contribution is 2.28. The lowest BCUT2D eigenvalue weighted by Crippen LogP contribution is -2.33. The van der Waals surface area contributed by atoms with E-state index in [0.29, 0.717) is 0 Å². The quantitative estimate of drug-likeness (QED) is 0.631. The third-order valence-electron chi connectivity index (χ3n) is 2.95. The second-order valence-corrected chi connectivity index (χ2v) is 4.52. The van der Waals surface area contributed by atoms with Crippen molar-refractivity contribution >= 4 is 11.6 Å².